The number of rotatable bonds is 8. The minimum atomic E-state index is -1.58. The van der Waals surface area contributed by atoms with E-state index in [0.717, 1.165) is 19.9 Å². The number of ether oxygens (including phenoxy) is 1. The molecule has 0 aromatic heterocycles. The van der Waals surface area contributed by atoms with Crippen LogP contribution >= 0.6 is 0 Å². The zero-order chi connectivity index (χ0) is 20.9. The lowest BCUT2D eigenvalue weighted by molar-refractivity contribution is -1.05. The van der Waals surface area contributed by atoms with Crippen LogP contribution in [-0.4, -0.2) is 70.9 Å². The van der Waals surface area contributed by atoms with Gasteiger partial charge in [-0.15, -0.1) is 0 Å². The van der Waals surface area contributed by atoms with Crippen molar-refractivity contribution in [1.82, 2.24) is 10.2 Å². The van der Waals surface area contributed by atoms with Crippen LogP contribution in [0.4, 0.5) is 4.79 Å². The molecule has 2 atom stereocenters. The van der Waals surface area contributed by atoms with E-state index < -0.39 is 28.2 Å². The molecule has 10 nitrogen and oxygen atoms in total. The summed E-state index contributed by atoms with van der Waals surface area (Å²) in [5.74, 6) is -0.162. The molecule has 0 saturated carbocycles. The summed E-state index contributed by atoms with van der Waals surface area (Å²) in [5.41, 5.74) is 9.68. The first-order chi connectivity index (χ1) is 12.2. The molecule has 158 valence electrons. The number of quaternary nitrogens is 1. The van der Waals surface area contributed by atoms with E-state index in [9.17, 15) is 20.0 Å². The number of carbonyl (C=O) groups excluding carboxylic acids is 2. The lowest BCUT2D eigenvalue weighted by atomic mass is 10.0. The lowest BCUT2D eigenvalue weighted by Crippen LogP contribution is -2.60. The van der Waals surface area contributed by atoms with Gasteiger partial charge in [0.1, 0.15) is 23.9 Å². The monoisotopic (exact) mass is 389 g/mol. The minimum Gasteiger partial charge on any atom is -0.599 e. The summed E-state index contributed by atoms with van der Waals surface area (Å²) < 4.78 is 5.25. The Kier molecular flexibility index (Phi) is 8.00. The number of amides is 2. The van der Waals surface area contributed by atoms with Gasteiger partial charge in [0.05, 0.1) is 7.05 Å². The van der Waals surface area contributed by atoms with Crippen molar-refractivity contribution >= 4 is 12.0 Å². The van der Waals surface area contributed by atoms with Gasteiger partial charge in [-0.3, -0.25) is 4.79 Å². The van der Waals surface area contributed by atoms with Crippen molar-refractivity contribution in [3.8, 4) is 0 Å². The van der Waals surface area contributed by atoms with Crippen LogP contribution in [0.2, 0.25) is 0 Å². The molecule has 0 aromatic rings. The first-order valence-corrected chi connectivity index (χ1v) is 9.34. The summed E-state index contributed by atoms with van der Waals surface area (Å²) in [6.45, 7) is 6.19. The maximum absolute atomic E-state index is 12.7. The number of carbonyl (C=O) groups is 2. The fraction of sp³-hybridized carbons (Fsp3) is 0.882. The number of likely N-dealkylation sites (tertiary alicyclic amines) is 1. The van der Waals surface area contributed by atoms with Crippen molar-refractivity contribution in [2.24, 2.45) is 11.5 Å². The van der Waals surface area contributed by atoms with Gasteiger partial charge in [0, 0.05) is 13.1 Å². The van der Waals surface area contributed by atoms with E-state index in [0.29, 0.717) is 25.9 Å². The Balaban J connectivity index is 2.67. The highest BCUT2D eigenvalue weighted by atomic mass is 16.8. The van der Waals surface area contributed by atoms with Crippen molar-refractivity contribution < 1.29 is 24.3 Å². The third kappa shape index (κ3) is 9.87. The van der Waals surface area contributed by atoms with Crippen LogP contribution in [0.5, 0.6) is 0 Å². The molecule has 0 aromatic carbocycles. The maximum Gasteiger partial charge on any atom is 0.408 e. The molecule has 6 N–H and O–H groups in total. The van der Waals surface area contributed by atoms with Gasteiger partial charge >= 0.3 is 6.09 Å². The first kappa shape index (κ1) is 23.6. The Bertz CT molecular complexity index is 507. The van der Waals surface area contributed by atoms with E-state index in [2.05, 4.69) is 5.32 Å². The summed E-state index contributed by atoms with van der Waals surface area (Å²) >= 11 is 0. The third-order valence-electron chi connectivity index (χ3n) is 4.13. The molecule has 1 rings (SSSR count). The molecule has 0 radical (unpaired) electrons. The van der Waals surface area contributed by atoms with Gasteiger partial charge < -0.3 is 31.6 Å². The van der Waals surface area contributed by atoms with Gasteiger partial charge in [0.15, 0.2) is 0 Å². The van der Waals surface area contributed by atoms with Crippen LogP contribution in [0, 0.1) is 5.21 Å². The Labute approximate surface area is 160 Å². The highest BCUT2D eigenvalue weighted by Gasteiger charge is 2.31. The number of alkyl carbamates (subject to hydrolysis) is 1. The second-order valence-corrected chi connectivity index (χ2v) is 8.57. The number of nitrogens with one attached hydrogen (secondary N) is 1. The van der Waals surface area contributed by atoms with E-state index in [1.807, 2.05) is 0 Å². The van der Waals surface area contributed by atoms with Crippen molar-refractivity contribution in [3.63, 3.8) is 0 Å². The van der Waals surface area contributed by atoms with E-state index in [1.54, 1.807) is 25.7 Å². The second kappa shape index (κ2) is 9.16. The number of nitrogens with two attached hydrogens (primary N) is 2. The minimum absolute atomic E-state index is 0.162. The van der Waals surface area contributed by atoms with Crippen LogP contribution in [0.25, 0.3) is 0 Å². The summed E-state index contributed by atoms with van der Waals surface area (Å²) in [6.07, 6.45) is 2.13. The van der Waals surface area contributed by atoms with Crippen LogP contribution < -0.4 is 16.8 Å². The third-order valence-corrected chi connectivity index (χ3v) is 4.13. The van der Waals surface area contributed by atoms with Gasteiger partial charge in [-0.25, -0.2) is 14.8 Å². The predicted octanol–water partition coefficient (Wildman–Crippen LogP) is 0.620. The van der Waals surface area contributed by atoms with Gasteiger partial charge in [0.25, 0.3) is 0 Å². The van der Waals surface area contributed by atoms with Crippen LogP contribution in [0.15, 0.2) is 0 Å². The molecule has 0 aliphatic carbocycles. The SMILES string of the molecule is CC(C)(C)OC(=O)N[C@@H](CCCC(N)(N)C[N+](C)([O-])O)C(=O)N1CCCC1. The molecular weight excluding hydrogens is 354 g/mol. The average molecular weight is 389 g/mol. The Hall–Kier alpha value is -1.46. The normalized spacial score (nSPS) is 18.7. The molecule has 1 unspecified atom stereocenters. The van der Waals surface area contributed by atoms with Crippen LogP contribution in [-0.2, 0) is 9.53 Å². The van der Waals surface area contributed by atoms with Gasteiger partial charge in [0.2, 0.25) is 5.91 Å². The molecular formula is C17H35N5O5. The number of hydroxylamine groups is 4. The summed E-state index contributed by atoms with van der Waals surface area (Å²) in [6, 6.07) is -0.754. The zero-order valence-electron chi connectivity index (χ0n) is 16.9. The molecule has 27 heavy (non-hydrogen) atoms. The van der Waals surface area contributed by atoms with Gasteiger partial charge in [-0.1, -0.05) is 0 Å². The molecule has 1 aliphatic rings. The summed E-state index contributed by atoms with van der Waals surface area (Å²) in [7, 11) is 1.04. The Morgan fingerprint density at radius 2 is 1.85 bits per heavy atom. The molecule has 0 bridgehead atoms. The smallest absolute Gasteiger partial charge is 0.408 e. The molecule has 1 saturated heterocycles. The quantitative estimate of drug-likeness (QED) is 0.269. The largest absolute Gasteiger partial charge is 0.599 e. The first-order valence-electron chi connectivity index (χ1n) is 9.34. The number of hydrogen-bond acceptors (Lipinski definition) is 7. The zero-order valence-corrected chi connectivity index (χ0v) is 16.9. The van der Waals surface area contributed by atoms with Crippen molar-refractivity contribution in [2.75, 3.05) is 26.7 Å². The lowest BCUT2D eigenvalue weighted by Gasteiger charge is -2.36. The number of nitrogens with zero attached hydrogens (tertiary/aromatic N) is 2. The molecule has 0 spiro atoms. The van der Waals surface area contributed by atoms with E-state index in [4.69, 9.17) is 16.2 Å². The van der Waals surface area contributed by atoms with Gasteiger partial charge in [-0.2, -0.15) is 0 Å². The average Bonchev–Trinajstić information content (AvgIpc) is 2.94. The Morgan fingerprint density at radius 3 is 2.33 bits per heavy atom. The molecule has 1 fully saturated rings. The fourth-order valence-corrected chi connectivity index (χ4v) is 3.13. The number of likely N-dealkylation sites (N-methyl/N-ethyl adjacent to an activating group) is 1. The fourth-order valence-electron chi connectivity index (χ4n) is 3.13. The molecule has 2 amide bonds. The van der Waals surface area contributed by atoms with Crippen molar-refractivity contribution in [1.29, 1.82) is 0 Å². The highest BCUT2D eigenvalue weighted by Crippen LogP contribution is 2.16. The summed E-state index contributed by atoms with van der Waals surface area (Å²) in [4.78, 5) is 25.0. The maximum atomic E-state index is 12.7. The topological polar surface area (TPSA) is 154 Å². The van der Waals surface area contributed by atoms with E-state index in [-0.39, 0.29) is 18.9 Å². The summed E-state index contributed by atoms with van der Waals surface area (Å²) in [5, 5.41) is 23.3. The van der Waals surface area contributed by atoms with Crippen LogP contribution in [0.1, 0.15) is 52.9 Å². The predicted molar refractivity (Wildman–Crippen MR) is 100 cm³/mol. The van der Waals surface area contributed by atoms with Crippen LogP contribution in [0.3, 0.4) is 0 Å². The highest BCUT2D eigenvalue weighted by molar-refractivity contribution is 5.85. The molecule has 10 heteroatoms. The second-order valence-electron chi connectivity index (χ2n) is 8.57. The van der Waals surface area contributed by atoms with E-state index in [1.165, 1.54) is 0 Å². The van der Waals surface area contributed by atoms with E-state index >= 15 is 0 Å². The van der Waals surface area contributed by atoms with Gasteiger partial charge in [-0.05, 0) is 52.9 Å². The van der Waals surface area contributed by atoms with Crippen molar-refractivity contribution in [2.45, 2.75) is 70.2 Å². The van der Waals surface area contributed by atoms with Crippen molar-refractivity contribution in [3.05, 3.63) is 5.21 Å². The molecule has 1 aliphatic heterocycles. The standard InChI is InChI=1S/C17H35N5O5/c1-16(2,3)27-15(24)20-13(14(23)21-10-5-6-11-21)8-7-9-17(18,19)12-22(4,25)26/h13,25H,5-12,18-19H2,1-4H3,(H,20,24)/t13-/m0/s1. The Morgan fingerprint density at radius 1 is 1.30 bits per heavy atom. The molecule has 1 heterocycles. The number of hydrogen-bond donors (Lipinski definition) is 4.